The molecule has 1 aliphatic rings. The summed E-state index contributed by atoms with van der Waals surface area (Å²) < 4.78 is 10.5. The number of ether oxygens (including phenoxy) is 2. The Bertz CT molecular complexity index is 1560. The van der Waals surface area contributed by atoms with Crippen LogP contribution in [0.3, 0.4) is 0 Å². The maximum absolute atomic E-state index is 13.2. The zero-order chi connectivity index (χ0) is 33.2. The minimum absolute atomic E-state index is 0.145. The summed E-state index contributed by atoms with van der Waals surface area (Å²) in [5.74, 6) is -0.573. The fourth-order valence-electron chi connectivity index (χ4n) is 5.49. The average Bonchev–Trinajstić information content (AvgIpc) is 3.55. The standard InChI is InChI=1S/C33H42N6O7/c1-38(2)16-7-11-28(40)37-24-9-5-8-22-23(14-15-34-30(22)24)32(43)36-20-29(41)39-17-6-10-25(39)31(42)33(44)35-19-21-12-13-26(45-3)27(18-21)46-4/h5,8-9,12-15,18,25,31,42H,6-7,10-11,16-17,19-20H2,1-4H3,(H,35,44)(H,36,43)(H,37,40)/t25-,31?/m0/s1. The van der Waals surface area contributed by atoms with E-state index in [0.29, 0.717) is 65.9 Å². The number of pyridine rings is 1. The molecule has 2 atom stereocenters. The lowest BCUT2D eigenvalue weighted by molar-refractivity contribution is -0.138. The fraction of sp³-hybridized carbons (Fsp3) is 0.424. The quantitative estimate of drug-likeness (QED) is 0.208. The van der Waals surface area contributed by atoms with Crippen molar-refractivity contribution < 1.29 is 33.8 Å². The van der Waals surface area contributed by atoms with Crippen molar-refractivity contribution in [1.29, 1.82) is 0 Å². The molecule has 4 rings (SSSR count). The summed E-state index contributed by atoms with van der Waals surface area (Å²) in [4.78, 5) is 59.6. The van der Waals surface area contributed by atoms with E-state index >= 15 is 0 Å². The highest BCUT2D eigenvalue weighted by Crippen LogP contribution is 2.28. The van der Waals surface area contributed by atoms with E-state index in [1.54, 1.807) is 42.5 Å². The number of carbonyl (C=O) groups excluding carboxylic acids is 4. The summed E-state index contributed by atoms with van der Waals surface area (Å²) in [5, 5.41) is 19.7. The summed E-state index contributed by atoms with van der Waals surface area (Å²) in [6.45, 7) is 0.973. The fourth-order valence-corrected chi connectivity index (χ4v) is 5.49. The number of likely N-dealkylation sites (tertiary alicyclic amines) is 1. The molecule has 0 radical (unpaired) electrons. The van der Waals surface area contributed by atoms with Crippen molar-refractivity contribution in [3.05, 3.63) is 59.8 Å². The topological polar surface area (TPSA) is 162 Å². The number of para-hydroxylation sites is 1. The van der Waals surface area contributed by atoms with E-state index in [4.69, 9.17) is 9.47 Å². The first-order valence-electron chi connectivity index (χ1n) is 15.2. The number of carbonyl (C=O) groups is 4. The van der Waals surface area contributed by atoms with Crippen molar-refractivity contribution in [3.63, 3.8) is 0 Å². The van der Waals surface area contributed by atoms with Crippen molar-refractivity contribution in [2.75, 3.05) is 53.3 Å². The van der Waals surface area contributed by atoms with E-state index in [1.807, 2.05) is 19.0 Å². The predicted molar refractivity (Wildman–Crippen MR) is 173 cm³/mol. The van der Waals surface area contributed by atoms with Crippen molar-refractivity contribution in [2.24, 2.45) is 0 Å². The third-order valence-electron chi connectivity index (χ3n) is 7.87. The monoisotopic (exact) mass is 634 g/mol. The minimum Gasteiger partial charge on any atom is -0.493 e. The van der Waals surface area contributed by atoms with Crippen LogP contribution in [0.2, 0.25) is 0 Å². The number of hydrogen-bond donors (Lipinski definition) is 4. The van der Waals surface area contributed by atoms with E-state index in [0.717, 1.165) is 12.1 Å². The molecule has 1 fully saturated rings. The summed E-state index contributed by atoms with van der Waals surface area (Å²) in [5.41, 5.74) is 2.01. The van der Waals surface area contributed by atoms with Gasteiger partial charge < -0.3 is 40.3 Å². The number of nitrogens with zero attached hydrogens (tertiary/aromatic N) is 3. The van der Waals surface area contributed by atoms with Gasteiger partial charge in [0.05, 0.1) is 43.6 Å². The normalized spacial score (nSPS) is 15.0. The van der Waals surface area contributed by atoms with Crippen LogP contribution >= 0.6 is 0 Å². The number of fused-ring (bicyclic) bond motifs is 1. The maximum atomic E-state index is 13.2. The number of aliphatic hydroxyl groups is 1. The second kappa shape index (κ2) is 16.0. The molecule has 46 heavy (non-hydrogen) atoms. The number of methoxy groups -OCH3 is 2. The molecule has 2 aromatic carbocycles. The highest BCUT2D eigenvalue weighted by molar-refractivity contribution is 6.10. The third kappa shape index (κ3) is 8.49. The van der Waals surface area contributed by atoms with Gasteiger partial charge in [0.1, 0.15) is 0 Å². The Morgan fingerprint density at radius 2 is 1.85 bits per heavy atom. The number of hydrogen-bond acceptors (Lipinski definition) is 9. The van der Waals surface area contributed by atoms with E-state index in [2.05, 4.69) is 20.9 Å². The summed E-state index contributed by atoms with van der Waals surface area (Å²) >= 11 is 0. The highest BCUT2D eigenvalue weighted by atomic mass is 16.5. The molecule has 1 aromatic heterocycles. The predicted octanol–water partition coefficient (Wildman–Crippen LogP) is 1.93. The molecule has 13 heteroatoms. The SMILES string of the molecule is COc1ccc(CNC(=O)C(O)[C@@H]2CCCN2C(=O)CNC(=O)c2ccnc3c(NC(=O)CCCN(C)C)cccc23)cc1OC. The Balaban J connectivity index is 1.34. The molecule has 1 saturated heterocycles. The van der Waals surface area contributed by atoms with Crippen LogP contribution in [0.1, 0.15) is 41.6 Å². The van der Waals surface area contributed by atoms with Crippen molar-refractivity contribution in [1.82, 2.24) is 25.4 Å². The Morgan fingerprint density at radius 1 is 1.07 bits per heavy atom. The molecule has 0 spiro atoms. The average molecular weight is 635 g/mol. The maximum Gasteiger partial charge on any atom is 0.252 e. The van der Waals surface area contributed by atoms with Gasteiger partial charge in [0, 0.05) is 31.1 Å². The molecule has 1 aliphatic heterocycles. The number of amides is 4. The second-order valence-corrected chi connectivity index (χ2v) is 11.3. The molecule has 4 amide bonds. The first-order chi connectivity index (χ1) is 22.1. The van der Waals surface area contributed by atoms with Crippen LogP contribution in [0.25, 0.3) is 10.9 Å². The highest BCUT2D eigenvalue weighted by Gasteiger charge is 2.37. The van der Waals surface area contributed by atoms with E-state index < -0.39 is 29.9 Å². The summed E-state index contributed by atoms with van der Waals surface area (Å²) in [6.07, 6.45) is 2.16. The van der Waals surface area contributed by atoms with Gasteiger partial charge in [0.2, 0.25) is 11.8 Å². The second-order valence-electron chi connectivity index (χ2n) is 11.3. The van der Waals surface area contributed by atoms with Gasteiger partial charge in [-0.25, -0.2) is 0 Å². The van der Waals surface area contributed by atoms with E-state index in [-0.39, 0.29) is 19.0 Å². The van der Waals surface area contributed by atoms with Gasteiger partial charge in [-0.2, -0.15) is 0 Å². The largest absolute Gasteiger partial charge is 0.493 e. The van der Waals surface area contributed by atoms with Crippen LogP contribution in [-0.2, 0) is 20.9 Å². The Hall–Kier alpha value is -4.75. The van der Waals surface area contributed by atoms with Gasteiger partial charge in [-0.1, -0.05) is 18.2 Å². The molecule has 0 bridgehead atoms. The number of aromatic nitrogens is 1. The molecule has 4 N–H and O–H groups in total. The molecule has 2 heterocycles. The van der Waals surface area contributed by atoms with Crippen LogP contribution in [-0.4, -0.2) is 104 Å². The lowest BCUT2D eigenvalue weighted by Crippen LogP contribution is -2.51. The number of aliphatic hydroxyl groups excluding tert-OH is 1. The Morgan fingerprint density at radius 3 is 2.59 bits per heavy atom. The molecule has 246 valence electrons. The number of rotatable bonds is 14. The van der Waals surface area contributed by atoms with Gasteiger partial charge in [-0.05, 0) is 69.7 Å². The van der Waals surface area contributed by atoms with Gasteiger partial charge in [-0.3, -0.25) is 24.2 Å². The van der Waals surface area contributed by atoms with Crippen LogP contribution in [0.15, 0.2) is 48.7 Å². The van der Waals surface area contributed by atoms with Crippen LogP contribution in [0.5, 0.6) is 11.5 Å². The number of anilines is 1. The van der Waals surface area contributed by atoms with Crippen molar-refractivity contribution in [3.8, 4) is 11.5 Å². The Labute approximate surface area is 268 Å². The smallest absolute Gasteiger partial charge is 0.252 e. The molecular weight excluding hydrogens is 592 g/mol. The first-order valence-corrected chi connectivity index (χ1v) is 15.2. The van der Waals surface area contributed by atoms with Gasteiger partial charge in [-0.15, -0.1) is 0 Å². The number of nitrogens with one attached hydrogen (secondary N) is 3. The van der Waals surface area contributed by atoms with E-state index in [9.17, 15) is 24.3 Å². The molecule has 13 nitrogen and oxygen atoms in total. The van der Waals surface area contributed by atoms with Crippen molar-refractivity contribution in [2.45, 2.75) is 44.4 Å². The zero-order valence-corrected chi connectivity index (χ0v) is 26.7. The van der Waals surface area contributed by atoms with Crippen LogP contribution < -0.4 is 25.4 Å². The lowest BCUT2D eigenvalue weighted by atomic mass is 10.1. The van der Waals surface area contributed by atoms with Gasteiger partial charge in [0.15, 0.2) is 17.6 Å². The van der Waals surface area contributed by atoms with Crippen LogP contribution in [0.4, 0.5) is 5.69 Å². The van der Waals surface area contributed by atoms with Gasteiger partial charge >= 0.3 is 0 Å². The molecule has 0 aliphatic carbocycles. The van der Waals surface area contributed by atoms with Crippen molar-refractivity contribution >= 4 is 40.2 Å². The Kier molecular flexibility index (Phi) is 11.9. The van der Waals surface area contributed by atoms with E-state index in [1.165, 1.54) is 25.3 Å². The summed E-state index contributed by atoms with van der Waals surface area (Å²) in [7, 11) is 6.94. The first kappa shape index (κ1) is 34.1. The molecule has 1 unspecified atom stereocenters. The van der Waals surface area contributed by atoms with Crippen LogP contribution in [0, 0.1) is 0 Å². The summed E-state index contributed by atoms with van der Waals surface area (Å²) in [6, 6.07) is 11.3. The minimum atomic E-state index is -1.44. The number of benzene rings is 2. The molecule has 0 saturated carbocycles. The van der Waals surface area contributed by atoms with Gasteiger partial charge in [0.25, 0.3) is 11.8 Å². The molecule has 3 aromatic rings. The lowest BCUT2D eigenvalue weighted by Gasteiger charge is -2.28. The molecular formula is C33H42N6O7. The third-order valence-corrected chi connectivity index (χ3v) is 7.87. The zero-order valence-electron chi connectivity index (χ0n) is 26.7.